The van der Waals surface area contributed by atoms with Crippen molar-refractivity contribution in [1.29, 1.82) is 5.26 Å². The first-order valence-corrected chi connectivity index (χ1v) is 8.64. The van der Waals surface area contributed by atoms with E-state index in [2.05, 4.69) is 11.1 Å². The lowest BCUT2D eigenvalue weighted by Gasteiger charge is -2.06. The topological polar surface area (TPSA) is 48.8 Å². The molecule has 0 bridgehead atoms. The molecule has 3 nitrogen and oxygen atoms in total. The number of fused-ring (bicyclic) bond motifs is 1. The lowest BCUT2D eigenvalue weighted by atomic mass is 10.1. The molecule has 0 fully saturated rings. The third-order valence-electron chi connectivity index (χ3n) is 4.08. The largest absolute Gasteiger partial charge is 0.490 e. The Labute approximate surface area is 141 Å². The highest BCUT2D eigenvalue weighted by Crippen LogP contribution is 2.29. The maximum Gasteiger partial charge on any atom is 0.238 e. The van der Waals surface area contributed by atoms with Crippen LogP contribution in [-0.2, 0) is 0 Å². The zero-order valence-electron chi connectivity index (χ0n) is 13.9. The van der Waals surface area contributed by atoms with Crippen LogP contribution in [0.15, 0.2) is 24.3 Å². The van der Waals surface area contributed by atoms with E-state index in [1.807, 2.05) is 24.3 Å². The molecular formula is C19H24F2N2O. The standard InChI is InChI=1S/C19H24F2N2O/c20-18(21)12-6-4-2-1-3-5-9-13-24-19-15-10-7-8-11-16(15)23-17(19)14-22/h7-8,10-11,18,23H,1-6,9,12-13H2. The molecule has 2 aromatic rings. The van der Waals surface area contributed by atoms with Gasteiger partial charge in [-0.2, -0.15) is 5.26 Å². The number of halogens is 2. The number of nitrogens with zero attached hydrogens (tertiary/aromatic N) is 1. The van der Waals surface area contributed by atoms with Crippen molar-refractivity contribution in [2.24, 2.45) is 0 Å². The minimum atomic E-state index is -2.16. The fourth-order valence-electron chi connectivity index (χ4n) is 2.80. The lowest BCUT2D eigenvalue weighted by molar-refractivity contribution is 0.133. The van der Waals surface area contributed by atoms with Crippen molar-refractivity contribution in [3.8, 4) is 11.8 Å². The summed E-state index contributed by atoms with van der Waals surface area (Å²) in [5.41, 5.74) is 1.38. The number of nitrogens with one attached hydrogen (secondary N) is 1. The van der Waals surface area contributed by atoms with Crippen molar-refractivity contribution in [3.05, 3.63) is 30.0 Å². The zero-order valence-corrected chi connectivity index (χ0v) is 13.9. The van der Waals surface area contributed by atoms with Crippen molar-refractivity contribution in [1.82, 2.24) is 4.98 Å². The third kappa shape index (κ3) is 5.52. The Hall–Kier alpha value is -2.09. The number of nitriles is 1. The molecule has 1 aromatic heterocycles. The van der Waals surface area contributed by atoms with E-state index in [0.29, 0.717) is 24.5 Å². The fourth-order valence-corrected chi connectivity index (χ4v) is 2.80. The summed E-state index contributed by atoms with van der Waals surface area (Å²) in [6.45, 7) is 0.585. The number of unbranched alkanes of at least 4 members (excludes halogenated alkanes) is 6. The average Bonchev–Trinajstić information content (AvgIpc) is 2.94. The normalized spacial score (nSPS) is 11.1. The highest BCUT2D eigenvalue weighted by atomic mass is 19.3. The van der Waals surface area contributed by atoms with Gasteiger partial charge in [-0.05, 0) is 25.0 Å². The van der Waals surface area contributed by atoms with E-state index in [-0.39, 0.29) is 6.42 Å². The quantitative estimate of drug-likeness (QED) is 0.528. The molecule has 24 heavy (non-hydrogen) atoms. The summed E-state index contributed by atoms with van der Waals surface area (Å²) in [4.78, 5) is 3.06. The SMILES string of the molecule is N#Cc1[nH]c2ccccc2c1OCCCCCCCCCC(F)F. The molecule has 0 amide bonds. The van der Waals surface area contributed by atoms with Gasteiger partial charge in [-0.15, -0.1) is 0 Å². The first-order chi connectivity index (χ1) is 11.7. The number of rotatable bonds is 11. The molecule has 0 aliphatic heterocycles. The molecule has 0 saturated carbocycles. The minimum absolute atomic E-state index is 0.0275. The average molecular weight is 334 g/mol. The van der Waals surface area contributed by atoms with Gasteiger partial charge in [0.2, 0.25) is 6.43 Å². The fraction of sp³-hybridized carbons (Fsp3) is 0.526. The minimum Gasteiger partial charge on any atom is -0.490 e. The van der Waals surface area contributed by atoms with Crippen LogP contribution in [-0.4, -0.2) is 18.0 Å². The van der Waals surface area contributed by atoms with Gasteiger partial charge in [0.1, 0.15) is 6.07 Å². The van der Waals surface area contributed by atoms with Gasteiger partial charge in [0, 0.05) is 11.8 Å². The van der Waals surface area contributed by atoms with E-state index in [1.165, 1.54) is 0 Å². The number of para-hydroxylation sites is 1. The van der Waals surface area contributed by atoms with Crippen LogP contribution < -0.4 is 4.74 Å². The second kappa shape index (κ2) is 9.92. The molecule has 2 rings (SSSR count). The van der Waals surface area contributed by atoms with Gasteiger partial charge in [-0.1, -0.05) is 44.2 Å². The molecule has 0 saturated heterocycles. The molecule has 1 aromatic carbocycles. The molecular weight excluding hydrogens is 310 g/mol. The Kier molecular flexibility index (Phi) is 7.54. The Morgan fingerprint density at radius 1 is 1.00 bits per heavy atom. The van der Waals surface area contributed by atoms with Gasteiger partial charge in [-0.3, -0.25) is 0 Å². The van der Waals surface area contributed by atoms with Gasteiger partial charge >= 0.3 is 0 Å². The van der Waals surface area contributed by atoms with E-state index in [1.54, 1.807) is 0 Å². The molecule has 5 heteroatoms. The number of ether oxygens (including phenoxy) is 1. The summed E-state index contributed by atoms with van der Waals surface area (Å²) in [7, 11) is 0. The van der Waals surface area contributed by atoms with Crippen LogP contribution in [0.2, 0.25) is 0 Å². The molecule has 1 heterocycles. The summed E-state index contributed by atoms with van der Waals surface area (Å²) < 4.78 is 29.8. The number of alkyl halides is 2. The van der Waals surface area contributed by atoms with Gasteiger partial charge in [0.05, 0.1) is 12.1 Å². The molecule has 0 unspecified atom stereocenters. The van der Waals surface area contributed by atoms with Gasteiger partial charge in [0.25, 0.3) is 0 Å². The van der Waals surface area contributed by atoms with Crippen LogP contribution in [0.5, 0.6) is 5.75 Å². The summed E-state index contributed by atoms with van der Waals surface area (Å²) in [5, 5.41) is 10.1. The Morgan fingerprint density at radius 2 is 1.67 bits per heavy atom. The van der Waals surface area contributed by atoms with Crippen LogP contribution in [0.3, 0.4) is 0 Å². The number of aromatic nitrogens is 1. The van der Waals surface area contributed by atoms with Crippen molar-refractivity contribution >= 4 is 10.9 Å². The first-order valence-electron chi connectivity index (χ1n) is 8.64. The Bertz CT molecular complexity index is 661. The summed E-state index contributed by atoms with van der Waals surface area (Å²) in [5.74, 6) is 0.639. The number of hydrogen-bond donors (Lipinski definition) is 1. The van der Waals surface area contributed by atoms with Crippen LogP contribution >= 0.6 is 0 Å². The van der Waals surface area contributed by atoms with Crippen LogP contribution in [0, 0.1) is 11.3 Å². The highest BCUT2D eigenvalue weighted by Gasteiger charge is 2.11. The van der Waals surface area contributed by atoms with Crippen LogP contribution in [0.4, 0.5) is 8.78 Å². The first kappa shape index (κ1) is 18.3. The molecule has 0 radical (unpaired) electrons. The maximum atomic E-state index is 12.0. The molecule has 0 aliphatic rings. The molecule has 130 valence electrons. The van der Waals surface area contributed by atoms with Crippen molar-refractivity contribution < 1.29 is 13.5 Å². The third-order valence-corrected chi connectivity index (χ3v) is 4.08. The second-order valence-corrected chi connectivity index (χ2v) is 5.99. The monoisotopic (exact) mass is 334 g/mol. The molecule has 0 aliphatic carbocycles. The van der Waals surface area contributed by atoms with E-state index >= 15 is 0 Å². The summed E-state index contributed by atoms with van der Waals surface area (Å²) in [6, 6.07) is 9.86. The smallest absolute Gasteiger partial charge is 0.238 e. The number of H-pyrrole nitrogens is 1. The number of aromatic amines is 1. The van der Waals surface area contributed by atoms with E-state index < -0.39 is 6.43 Å². The Morgan fingerprint density at radius 3 is 2.38 bits per heavy atom. The van der Waals surface area contributed by atoms with E-state index in [4.69, 9.17) is 4.74 Å². The van der Waals surface area contributed by atoms with Crippen molar-refractivity contribution in [2.45, 2.75) is 57.8 Å². The predicted molar refractivity (Wildman–Crippen MR) is 91.4 cm³/mol. The molecule has 0 atom stereocenters. The number of benzene rings is 1. The second-order valence-electron chi connectivity index (χ2n) is 5.99. The maximum absolute atomic E-state index is 12.0. The highest BCUT2D eigenvalue weighted by molar-refractivity contribution is 5.88. The predicted octanol–water partition coefficient (Wildman–Crippen LogP) is 5.80. The zero-order chi connectivity index (χ0) is 17.2. The lowest BCUT2D eigenvalue weighted by Crippen LogP contribution is -1.98. The summed E-state index contributed by atoms with van der Waals surface area (Å²) >= 11 is 0. The van der Waals surface area contributed by atoms with Crippen molar-refractivity contribution in [2.75, 3.05) is 6.61 Å². The van der Waals surface area contributed by atoms with Gasteiger partial charge in [-0.25, -0.2) is 8.78 Å². The molecule has 1 N–H and O–H groups in total. The van der Waals surface area contributed by atoms with Crippen LogP contribution in [0.25, 0.3) is 10.9 Å². The van der Waals surface area contributed by atoms with Gasteiger partial charge < -0.3 is 9.72 Å². The Balaban J connectivity index is 1.62. The van der Waals surface area contributed by atoms with Crippen LogP contribution in [0.1, 0.15) is 57.1 Å². The van der Waals surface area contributed by atoms with Gasteiger partial charge in [0.15, 0.2) is 11.4 Å². The van der Waals surface area contributed by atoms with Crippen molar-refractivity contribution in [3.63, 3.8) is 0 Å². The van der Waals surface area contributed by atoms with E-state index in [0.717, 1.165) is 49.4 Å². The molecule has 0 spiro atoms. The number of hydrogen-bond acceptors (Lipinski definition) is 2. The summed E-state index contributed by atoms with van der Waals surface area (Å²) in [6.07, 6.45) is 4.57. The van der Waals surface area contributed by atoms with E-state index in [9.17, 15) is 14.0 Å².